The second kappa shape index (κ2) is 4.92. The van der Waals surface area contributed by atoms with Gasteiger partial charge in [-0.1, -0.05) is 24.3 Å². The molecule has 3 heteroatoms. The lowest BCUT2D eigenvalue weighted by molar-refractivity contribution is -0.129. The number of para-hydroxylation sites is 1. The Kier molecular flexibility index (Phi) is 3.11. The molecule has 0 aliphatic carbocycles. The van der Waals surface area contributed by atoms with Gasteiger partial charge in [0.1, 0.15) is 0 Å². The average Bonchev–Trinajstić information content (AvgIpc) is 2.82. The van der Waals surface area contributed by atoms with E-state index in [1.807, 2.05) is 17.9 Å². The van der Waals surface area contributed by atoms with Crippen molar-refractivity contribution in [3.05, 3.63) is 47.8 Å². The van der Waals surface area contributed by atoms with E-state index >= 15 is 0 Å². The van der Waals surface area contributed by atoms with Crippen LogP contribution in [0.25, 0.3) is 10.9 Å². The largest absolute Gasteiger partial charge is 0.361 e. The minimum atomic E-state index is 0.250. The molecular weight excluding hydrogens is 236 g/mol. The van der Waals surface area contributed by atoms with Crippen LogP contribution in [0.15, 0.2) is 42.2 Å². The molecule has 3 rings (SSSR count). The van der Waals surface area contributed by atoms with Crippen molar-refractivity contribution in [2.24, 2.45) is 0 Å². The molecule has 0 spiro atoms. The zero-order chi connectivity index (χ0) is 13.2. The highest BCUT2D eigenvalue weighted by Crippen LogP contribution is 2.20. The number of aromatic nitrogens is 1. The van der Waals surface area contributed by atoms with Gasteiger partial charge in [0.25, 0.3) is 0 Å². The summed E-state index contributed by atoms with van der Waals surface area (Å²) in [5.74, 6) is 0.250. The van der Waals surface area contributed by atoms with Gasteiger partial charge in [-0.25, -0.2) is 0 Å². The molecule has 1 N–H and O–H groups in total. The third-order valence-corrected chi connectivity index (χ3v) is 3.80. The van der Waals surface area contributed by atoms with E-state index in [0.717, 1.165) is 30.6 Å². The number of amides is 1. The maximum absolute atomic E-state index is 11.9. The molecule has 1 aromatic carbocycles. The van der Waals surface area contributed by atoms with E-state index < -0.39 is 0 Å². The van der Waals surface area contributed by atoms with Gasteiger partial charge in [-0.3, -0.25) is 4.79 Å². The Balaban J connectivity index is 1.77. The van der Waals surface area contributed by atoms with E-state index in [4.69, 9.17) is 0 Å². The fourth-order valence-corrected chi connectivity index (χ4v) is 2.72. The second-order valence-electron chi connectivity index (χ2n) is 5.04. The number of rotatable bonds is 3. The number of carbonyl (C=O) groups is 1. The smallest absolute Gasteiger partial charge is 0.227 e. The molecule has 0 saturated heterocycles. The van der Waals surface area contributed by atoms with Crippen LogP contribution in [-0.4, -0.2) is 22.3 Å². The standard InChI is InChI=1S/C16H18N2O/c1-12-5-4-8-16(19)18(12)10-9-13-11-17-15-7-3-2-6-14(13)15/h2-3,5-7,11,17H,4,8-10H2,1H3. The number of H-pyrrole nitrogens is 1. The first-order chi connectivity index (χ1) is 9.25. The monoisotopic (exact) mass is 254 g/mol. The highest BCUT2D eigenvalue weighted by molar-refractivity contribution is 5.83. The fraction of sp³-hybridized carbons (Fsp3) is 0.312. The predicted octanol–water partition coefficient (Wildman–Crippen LogP) is 3.24. The minimum absolute atomic E-state index is 0.250. The Labute approximate surface area is 112 Å². The molecule has 1 amide bonds. The van der Waals surface area contributed by atoms with Crippen molar-refractivity contribution in [3.63, 3.8) is 0 Å². The maximum atomic E-state index is 11.9. The summed E-state index contributed by atoms with van der Waals surface area (Å²) in [5.41, 5.74) is 3.53. The van der Waals surface area contributed by atoms with Gasteiger partial charge in [-0.05, 0) is 31.4 Å². The van der Waals surface area contributed by atoms with E-state index in [0.29, 0.717) is 6.42 Å². The van der Waals surface area contributed by atoms with E-state index in [2.05, 4.69) is 35.5 Å². The average molecular weight is 254 g/mol. The minimum Gasteiger partial charge on any atom is -0.361 e. The van der Waals surface area contributed by atoms with Crippen molar-refractivity contribution < 1.29 is 4.79 Å². The van der Waals surface area contributed by atoms with Crippen molar-refractivity contribution >= 4 is 16.8 Å². The Morgan fingerprint density at radius 3 is 3.00 bits per heavy atom. The van der Waals surface area contributed by atoms with Crippen molar-refractivity contribution in [2.45, 2.75) is 26.2 Å². The number of benzene rings is 1. The lowest BCUT2D eigenvalue weighted by atomic mass is 10.1. The number of carbonyl (C=O) groups excluding carboxylic acids is 1. The highest BCUT2D eigenvalue weighted by Gasteiger charge is 2.18. The summed E-state index contributed by atoms with van der Waals surface area (Å²) in [6.07, 6.45) is 6.62. The number of allylic oxidation sites excluding steroid dienone is 2. The van der Waals surface area contributed by atoms with Crippen molar-refractivity contribution in [3.8, 4) is 0 Å². The van der Waals surface area contributed by atoms with Gasteiger partial charge in [0.15, 0.2) is 0 Å². The molecule has 2 aromatic rings. The molecule has 1 aliphatic rings. The topological polar surface area (TPSA) is 36.1 Å². The van der Waals surface area contributed by atoms with Crippen LogP contribution in [-0.2, 0) is 11.2 Å². The van der Waals surface area contributed by atoms with E-state index in [-0.39, 0.29) is 5.91 Å². The molecule has 0 fully saturated rings. The molecule has 0 bridgehead atoms. The summed E-state index contributed by atoms with van der Waals surface area (Å²) in [6, 6.07) is 8.29. The lowest BCUT2D eigenvalue weighted by Gasteiger charge is -2.26. The molecular formula is C16H18N2O. The van der Waals surface area contributed by atoms with Gasteiger partial charge in [0.05, 0.1) is 0 Å². The van der Waals surface area contributed by atoms with E-state index in [1.165, 1.54) is 10.9 Å². The first kappa shape index (κ1) is 12.0. The van der Waals surface area contributed by atoms with Gasteiger partial charge >= 0.3 is 0 Å². The van der Waals surface area contributed by atoms with Gasteiger partial charge in [0, 0.05) is 35.8 Å². The predicted molar refractivity (Wildman–Crippen MR) is 76.7 cm³/mol. The molecule has 0 saturated carbocycles. The van der Waals surface area contributed by atoms with Crippen LogP contribution < -0.4 is 0 Å². The number of hydrogen-bond acceptors (Lipinski definition) is 1. The van der Waals surface area contributed by atoms with Crippen LogP contribution in [0.1, 0.15) is 25.3 Å². The molecule has 0 atom stereocenters. The summed E-state index contributed by atoms with van der Waals surface area (Å²) in [5, 5.41) is 1.26. The fourth-order valence-electron chi connectivity index (χ4n) is 2.72. The second-order valence-corrected chi connectivity index (χ2v) is 5.04. The van der Waals surface area contributed by atoms with E-state index in [1.54, 1.807) is 0 Å². The Hall–Kier alpha value is -2.03. The number of fused-ring (bicyclic) bond motifs is 1. The van der Waals surface area contributed by atoms with Crippen LogP contribution in [0.5, 0.6) is 0 Å². The van der Waals surface area contributed by atoms with Crippen LogP contribution >= 0.6 is 0 Å². The van der Waals surface area contributed by atoms with Gasteiger partial charge < -0.3 is 9.88 Å². The normalized spacial score (nSPS) is 15.9. The van der Waals surface area contributed by atoms with Crippen LogP contribution in [0.3, 0.4) is 0 Å². The van der Waals surface area contributed by atoms with Gasteiger partial charge in [0.2, 0.25) is 5.91 Å². The Morgan fingerprint density at radius 2 is 2.16 bits per heavy atom. The maximum Gasteiger partial charge on any atom is 0.227 e. The van der Waals surface area contributed by atoms with Crippen LogP contribution in [0, 0.1) is 0 Å². The van der Waals surface area contributed by atoms with Crippen molar-refractivity contribution in [1.82, 2.24) is 9.88 Å². The molecule has 0 unspecified atom stereocenters. The SMILES string of the molecule is CC1=CCCC(=O)N1CCc1c[nH]c2ccccc12. The quantitative estimate of drug-likeness (QED) is 0.896. The summed E-state index contributed by atoms with van der Waals surface area (Å²) in [6.45, 7) is 2.79. The molecule has 19 heavy (non-hydrogen) atoms. The summed E-state index contributed by atoms with van der Waals surface area (Å²) >= 11 is 0. The van der Waals surface area contributed by atoms with E-state index in [9.17, 15) is 4.79 Å². The first-order valence-electron chi connectivity index (χ1n) is 6.78. The molecule has 2 heterocycles. The van der Waals surface area contributed by atoms with Crippen molar-refractivity contribution in [2.75, 3.05) is 6.54 Å². The van der Waals surface area contributed by atoms with Crippen LogP contribution in [0.4, 0.5) is 0 Å². The molecule has 3 nitrogen and oxygen atoms in total. The van der Waals surface area contributed by atoms with Gasteiger partial charge in [-0.15, -0.1) is 0 Å². The zero-order valence-electron chi connectivity index (χ0n) is 11.1. The zero-order valence-corrected chi connectivity index (χ0v) is 11.1. The first-order valence-corrected chi connectivity index (χ1v) is 6.78. The summed E-state index contributed by atoms with van der Waals surface area (Å²) in [4.78, 5) is 17.1. The molecule has 98 valence electrons. The summed E-state index contributed by atoms with van der Waals surface area (Å²) in [7, 11) is 0. The lowest BCUT2D eigenvalue weighted by Crippen LogP contribution is -2.33. The van der Waals surface area contributed by atoms with Crippen LogP contribution in [0.2, 0.25) is 0 Å². The van der Waals surface area contributed by atoms with Crippen molar-refractivity contribution in [1.29, 1.82) is 0 Å². The number of aromatic amines is 1. The number of nitrogens with one attached hydrogen (secondary N) is 1. The number of nitrogens with zero attached hydrogens (tertiary/aromatic N) is 1. The Bertz CT molecular complexity index is 639. The number of hydrogen-bond donors (Lipinski definition) is 1. The summed E-state index contributed by atoms with van der Waals surface area (Å²) < 4.78 is 0. The van der Waals surface area contributed by atoms with Gasteiger partial charge in [-0.2, -0.15) is 0 Å². The highest BCUT2D eigenvalue weighted by atomic mass is 16.2. The third kappa shape index (κ3) is 2.28. The third-order valence-electron chi connectivity index (χ3n) is 3.80. The Morgan fingerprint density at radius 1 is 1.32 bits per heavy atom. The molecule has 1 aromatic heterocycles. The molecule has 0 radical (unpaired) electrons. The molecule has 1 aliphatic heterocycles.